The highest BCUT2D eigenvalue weighted by Crippen LogP contribution is 1.34. The van der Waals surface area contributed by atoms with Crippen molar-refractivity contribution < 1.29 is 10.1 Å². The lowest BCUT2D eigenvalue weighted by Gasteiger charge is -1.81. The number of carbonyl (C=O) groups is 1. The first-order valence-corrected chi connectivity index (χ1v) is 1.44. The van der Waals surface area contributed by atoms with E-state index in [1.54, 1.807) is 5.43 Å². The van der Waals surface area contributed by atoms with E-state index in [4.69, 9.17) is 10.1 Å². The maximum Gasteiger partial charge on any atom is 0.326 e. The molecule has 0 rings (SSSR count). The van der Waals surface area contributed by atoms with Gasteiger partial charge in [0, 0.05) is 5.34 Å². The highest BCUT2D eigenvalue weighted by molar-refractivity contribution is 5.70. The number of rotatable bonds is 0. The molecule has 0 aliphatic heterocycles. The Morgan fingerprint density at radius 2 is 1.88 bits per heavy atom. The van der Waals surface area contributed by atoms with Gasteiger partial charge in [0.1, 0.15) is 0 Å². The molecule has 0 radical (unpaired) electrons. The lowest BCUT2D eigenvalue weighted by molar-refractivity contribution is -0.398. The fourth-order valence-corrected chi connectivity index (χ4v) is 0. The summed E-state index contributed by atoms with van der Waals surface area (Å²) < 4.78 is 0. The zero-order valence-corrected chi connectivity index (χ0v) is 3.88. The van der Waals surface area contributed by atoms with E-state index in [0.29, 0.717) is 0 Å². The van der Waals surface area contributed by atoms with Crippen molar-refractivity contribution in [2.75, 3.05) is 0 Å². The van der Waals surface area contributed by atoms with Crippen molar-refractivity contribution in [3.05, 3.63) is 10.1 Å². The molecule has 7 nitrogen and oxygen atoms in total. The van der Waals surface area contributed by atoms with Crippen LogP contribution in [-0.2, 0) is 0 Å². The highest BCUT2D eigenvalue weighted by atomic mass is 16.6. The van der Waals surface area contributed by atoms with Gasteiger partial charge in [0.2, 0.25) is 0 Å². The molecule has 0 aromatic heterocycles. The number of urea groups is 1. The second-order valence-corrected chi connectivity index (χ2v) is 0.592. The van der Waals surface area contributed by atoms with Gasteiger partial charge in [0.25, 0.3) is 0 Å². The van der Waals surface area contributed by atoms with Gasteiger partial charge in [-0.2, -0.15) is 0 Å². The summed E-state index contributed by atoms with van der Waals surface area (Å²) in [6, 6.07) is -0.718. The number of nitrogens with two attached hydrogens (primary N) is 2. The van der Waals surface area contributed by atoms with Crippen LogP contribution in [0.15, 0.2) is 0 Å². The predicted molar refractivity (Wildman–Crippen MR) is 24.6 cm³/mol. The molecule has 0 aliphatic carbocycles. The van der Waals surface area contributed by atoms with Gasteiger partial charge < -0.3 is 5.73 Å². The standard InChI is InChI=1S/CH5N3O.HNO2/c2-1(5)4-3;2-1-3/h3H2,(H3,2,4,5);1H. The third-order valence-corrected chi connectivity index (χ3v) is 0.142. The van der Waals surface area contributed by atoms with E-state index in [-0.39, 0.29) is 5.34 Å². The first kappa shape index (κ1) is 9.80. The summed E-state index contributed by atoms with van der Waals surface area (Å²) in [7, 11) is 0. The Kier molecular flexibility index (Phi) is 11.2. The summed E-state index contributed by atoms with van der Waals surface area (Å²) in [5.41, 5.74) is 6.08. The average Bonchev–Trinajstić information content (AvgIpc) is 1.69. The van der Waals surface area contributed by atoms with E-state index in [9.17, 15) is 4.79 Å². The number of hydrogen-bond donors (Lipinski definition) is 4. The Bertz CT molecular complexity index is 71.7. The maximum atomic E-state index is 9.35. The smallest absolute Gasteiger partial charge is 0.326 e. The van der Waals surface area contributed by atoms with Crippen LogP contribution >= 0.6 is 0 Å². The molecule has 0 unspecified atom stereocenters. The molecule has 8 heavy (non-hydrogen) atoms. The van der Waals surface area contributed by atoms with Gasteiger partial charge in [0.05, 0.1) is 0 Å². The fraction of sp³-hybridized carbons (Fsp3) is 0. The van der Waals surface area contributed by atoms with Gasteiger partial charge in [0.15, 0.2) is 0 Å². The van der Waals surface area contributed by atoms with Crippen molar-refractivity contribution in [2.24, 2.45) is 11.6 Å². The monoisotopic (exact) mass is 122 g/mol. The van der Waals surface area contributed by atoms with Crippen molar-refractivity contribution in [3.8, 4) is 0 Å². The van der Waals surface area contributed by atoms with Crippen molar-refractivity contribution in [3.63, 3.8) is 0 Å². The molecule has 0 atom stereocenters. The zero-order chi connectivity index (χ0) is 6.99. The Morgan fingerprint density at radius 1 is 1.75 bits per heavy atom. The SMILES string of the molecule is NNC(N)=O.O=[NH+][O-]. The molecule has 0 fully saturated rings. The van der Waals surface area contributed by atoms with Crippen LogP contribution < -0.4 is 22.3 Å². The summed E-state index contributed by atoms with van der Waals surface area (Å²) in [5.74, 6) is 4.45. The number of amides is 2. The van der Waals surface area contributed by atoms with Crippen molar-refractivity contribution in [2.45, 2.75) is 0 Å². The molecular formula is CH6N4O3. The predicted octanol–water partition coefficient (Wildman–Crippen LogP) is -3.14. The second kappa shape index (κ2) is 9.16. The molecule has 6 N–H and O–H groups in total. The molecule has 0 saturated carbocycles. The number of hydrazine groups is 1. The molecule has 0 aromatic carbocycles. The molecule has 0 spiro atoms. The first-order chi connectivity index (χ1) is 3.68. The Morgan fingerprint density at radius 3 is 1.88 bits per heavy atom. The molecule has 0 aromatic rings. The third kappa shape index (κ3) is 154. The average molecular weight is 122 g/mol. The summed E-state index contributed by atoms with van der Waals surface area (Å²) in [5, 5.41) is 8.38. The van der Waals surface area contributed by atoms with E-state index < -0.39 is 6.03 Å². The molecule has 48 valence electrons. The molecule has 0 bridgehead atoms. The fourth-order valence-electron chi connectivity index (χ4n) is 0. The van der Waals surface area contributed by atoms with Crippen molar-refractivity contribution >= 4 is 6.03 Å². The largest absolute Gasteiger partial charge is 0.351 e. The van der Waals surface area contributed by atoms with Crippen molar-refractivity contribution in [1.82, 2.24) is 5.43 Å². The normalized spacial score (nSPS) is 5.62. The lowest BCUT2D eigenvalue weighted by Crippen LogP contribution is -2.53. The Hall–Kier alpha value is -1.37. The second-order valence-electron chi connectivity index (χ2n) is 0.592. The minimum absolute atomic E-state index is 0.250. The Balaban J connectivity index is 0. The molecule has 0 aliphatic rings. The van der Waals surface area contributed by atoms with E-state index >= 15 is 0 Å². The molecule has 2 amide bonds. The van der Waals surface area contributed by atoms with E-state index in [1.807, 2.05) is 0 Å². The minimum Gasteiger partial charge on any atom is -0.351 e. The van der Waals surface area contributed by atoms with Crippen LogP contribution in [-0.4, -0.2) is 6.03 Å². The summed E-state index contributed by atoms with van der Waals surface area (Å²) in [6.07, 6.45) is 0. The number of primary amides is 1. The number of carbonyl (C=O) groups excluding carboxylic acids is 1. The van der Waals surface area contributed by atoms with Crippen molar-refractivity contribution in [1.29, 1.82) is 0 Å². The van der Waals surface area contributed by atoms with Gasteiger partial charge in [-0.05, 0) is 0 Å². The summed E-state index contributed by atoms with van der Waals surface area (Å²) >= 11 is 0. The van der Waals surface area contributed by atoms with Crippen LogP contribution in [0.25, 0.3) is 0 Å². The highest BCUT2D eigenvalue weighted by Gasteiger charge is 1.73. The molecular weight excluding hydrogens is 116 g/mol. The molecule has 0 heterocycles. The van der Waals surface area contributed by atoms with E-state index in [2.05, 4.69) is 11.6 Å². The minimum atomic E-state index is -0.718. The Labute approximate surface area is 44.5 Å². The van der Waals surface area contributed by atoms with Crippen LogP contribution in [0.3, 0.4) is 0 Å². The van der Waals surface area contributed by atoms with Crippen LogP contribution in [0, 0.1) is 10.1 Å². The first-order valence-electron chi connectivity index (χ1n) is 1.44. The summed E-state index contributed by atoms with van der Waals surface area (Å²) in [4.78, 5) is 17.5. The maximum absolute atomic E-state index is 9.35. The van der Waals surface area contributed by atoms with Gasteiger partial charge in [-0.3, -0.25) is 15.5 Å². The van der Waals surface area contributed by atoms with E-state index in [1.165, 1.54) is 0 Å². The van der Waals surface area contributed by atoms with Gasteiger partial charge in [-0.1, -0.05) is 0 Å². The van der Waals surface area contributed by atoms with Gasteiger partial charge in [-0.25, -0.2) is 10.6 Å². The lowest BCUT2D eigenvalue weighted by atomic mass is 11.2. The number of nitrogens with one attached hydrogen (secondary N) is 2. The summed E-state index contributed by atoms with van der Waals surface area (Å²) in [6.45, 7) is 0. The van der Waals surface area contributed by atoms with Crippen LogP contribution in [0.2, 0.25) is 0 Å². The van der Waals surface area contributed by atoms with Crippen LogP contribution in [0.4, 0.5) is 4.79 Å². The quantitative estimate of drug-likeness (QED) is 0.117. The van der Waals surface area contributed by atoms with Crippen LogP contribution in [0.1, 0.15) is 0 Å². The topological polar surface area (TPSA) is 135 Å². The van der Waals surface area contributed by atoms with Gasteiger partial charge in [-0.15, -0.1) is 0 Å². The molecule has 7 heteroatoms. The van der Waals surface area contributed by atoms with Crippen LogP contribution in [0.5, 0.6) is 0 Å². The van der Waals surface area contributed by atoms with Gasteiger partial charge >= 0.3 is 6.03 Å². The number of hydrogen-bond acceptors (Lipinski definition) is 4. The third-order valence-electron chi connectivity index (χ3n) is 0.142. The van der Waals surface area contributed by atoms with E-state index in [0.717, 1.165) is 0 Å². The zero-order valence-electron chi connectivity index (χ0n) is 3.88. The molecule has 0 saturated heterocycles.